The van der Waals surface area contributed by atoms with Crippen molar-refractivity contribution in [1.29, 1.82) is 0 Å². The molecule has 3 rings (SSSR count). The summed E-state index contributed by atoms with van der Waals surface area (Å²) in [6.07, 6.45) is -2.14. The highest BCUT2D eigenvalue weighted by molar-refractivity contribution is 5.98. The lowest BCUT2D eigenvalue weighted by Crippen LogP contribution is -2.09. The van der Waals surface area contributed by atoms with Crippen LogP contribution in [-0.2, 0) is 17.4 Å². The van der Waals surface area contributed by atoms with E-state index in [-0.39, 0.29) is 17.8 Å². The molecule has 0 aromatic heterocycles. The summed E-state index contributed by atoms with van der Waals surface area (Å²) < 4.78 is 44.3. The van der Waals surface area contributed by atoms with E-state index in [1.54, 1.807) is 12.1 Å². The maximum Gasteiger partial charge on any atom is 0.416 e. The molecule has 130 valence electrons. The maximum atomic E-state index is 12.8. The fourth-order valence-corrected chi connectivity index (χ4v) is 2.87. The van der Waals surface area contributed by atoms with E-state index in [1.165, 1.54) is 18.2 Å². The van der Waals surface area contributed by atoms with E-state index < -0.39 is 11.7 Å². The quantitative estimate of drug-likeness (QED) is 0.799. The standard InChI is InChI=1S/C19H16F3NO2/c1-2-18(24)23-14-8-6-12-7-9-17(16(12)11-14)25-15-5-3-4-13(10-15)19(20,21)22/h2-6,8,10-11,17H,1,7,9H2,(H,23,24). The Morgan fingerprint density at radius 1 is 1.24 bits per heavy atom. The number of ether oxygens (including phenoxy) is 1. The molecule has 6 heteroatoms. The molecule has 2 aromatic carbocycles. The Morgan fingerprint density at radius 2 is 2.04 bits per heavy atom. The lowest BCUT2D eigenvalue weighted by atomic mass is 10.1. The maximum absolute atomic E-state index is 12.8. The first-order chi connectivity index (χ1) is 11.9. The fraction of sp³-hybridized carbons (Fsp3) is 0.211. The van der Waals surface area contributed by atoms with E-state index in [9.17, 15) is 18.0 Å². The first-order valence-electron chi connectivity index (χ1n) is 7.77. The predicted octanol–water partition coefficient (Wildman–Crippen LogP) is 4.90. The van der Waals surface area contributed by atoms with Crippen molar-refractivity contribution < 1.29 is 22.7 Å². The highest BCUT2D eigenvalue weighted by atomic mass is 19.4. The molecule has 1 N–H and O–H groups in total. The van der Waals surface area contributed by atoms with Crippen LogP contribution in [0.4, 0.5) is 18.9 Å². The molecule has 3 nitrogen and oxygen atoms in total. The third-order valence-corrected chi connectivity index (χ3v) is 4.06. The second kappa shape index (κ2) is 6.63. The summed E-state index contributed by atoms with van der Waals surface area (Å²) in [5, 5.41) is 2.67. The minimum Gasteiger partial charge on any atom is -0.486 e. The third-order valence-electron chi connectivity index (χ3n) is 4.06. The average Bonchev–Trinajstić information content (AvgIpc) is 2.96. The van der Waals surface area contributed by atoms with Crippen LogP contribution in [0.3, 0.4) is 0 Å². The number of carbonyl (C=O) groups is 1. The van der Waals surface area contributed by atoms with Crippen molar-refractivity contribution in [1.82, 2.24) is 0 Å². The first-order valence-corrected chi connectivity index (χ1v) is 7.77. The van der Waals surface area contributed by atoms with E-state index >= 15 is 0 Å². The van der Waals surface area contributed by atoms with Gasteiger partial charge in [-0.15, -0.1) is 0 Å². The van der Waals surface area contributed by atoms with E-state index in [0.717, 1.165) is 29.7 Å². The van der Waals surface area contributed by atoms with Gasteiger partial charge in [0.1, 0.15) is 11.9 Å². The molecule has 2 aromatic rings. The summed E-state index contributed by atoms with van der Waals surface area (Å²) in [4.78, 5) is 11.4. The number of hydrogen-bond donors (Lipinski definition) is 1. The van der Waals surface area contributed by atoms with E-state index in [2.05, 4.69) is 11.9 Å². The molecule has 1 atom stereocenters. The molecule has 1 amide bonds. The Labute approximate surface area is 143 Å². The highest BCUT2D eigenvalue weighted by Crippen LogP contribution is 2.38. The number of hydrogen-bond acceptors (Lipinski definition) is 2. The molecule has 0 aliphatic heterocycles. The van der Waals surface area contributed by atoms with Crippen LogP contribution >= 0.6 is 0 Å². The van der Waals surface area contributed by atoms with Crippen molar-refractivity contribution in [2.45, 2.75) is 25.1 Å². The number of anilines is 1. The topological polar surface area (TPSA) is 38.3 Å². The van der Waals surface area contributed by atoms with Gasteiger partial charge in [-0.05, 0) is 60.4 Å². The van der Waals surface area contributed by atoms with Gasteiger partial charge in [-0.1, -0.05) is 18.7 Å². The fourth-order valence-electron chi connectivity index (χ4n) is 2.87. The minimum absolute atomic E-state index is 0.174. The summed E-state index contributed by atoms with van der Waals surface area (Å²) in [6.45, 7) is 3.40. The third kappa shape index (κ3) is 3.84. The molecular weight excluding hydrogens is 331 g/mol. The van der Waals surface area contributed by atoms with Gasteiger partial charge in [-0.25, -0.2) is 0 Å². The van der Waals surface area contributed by atoms with E-state index in [0.29, 0.717) is 12.1 Å². The minimum atomic E-state index is -4.41. The normalized spacial score (nSPS) is 16.2. The van der Waals surface area contributed by atoms with Crippen molar-refractivity contribution >= 4 is 11.6 Å². The number of fused-ring (bicyclic) bond motifs is 1. The Hall–Kier alpha value is -2.76. The molecule has 0 bridgehead atoms. The smallest absolute Gasteiger partial charge is 0.416 e. The lowest BCUT2D eigenvalue weighted by Gasteiger charge is -2.17. The number of amides is 1. The molecular formula is C19H16F3NO2. The van der Waals surface area contributed by atoms with Crippen LogP contribution in [0.2, 0.25) is 0 Å². The van der Waals surface area contributed by atoms with Gasteiger partial charge in [0.25, 0.3) is 0 Å². The summed E-state index contributed by atoms with van der Waals surface area (Å²) in [5.41, 5.74) is 1.80. The van der Waals surface area contributed by atoms with Gasteiger partial charge in [0, 0.05) is 5.69 Å². The second-order valence-electron chi connectivity index (χ2n) is 5.78. The zero-order chi connectivity index (χ0) is 18.0. The number of carbonyl (C=O) groups excluding carboxylic acids is 1. The van der Waals surface area contributed by atoms with Gasteiger partial charge in [0.15, 0.2) is 0 Å². The van der Waals surface area contributed by atoms with Crippen LogP contribution in [0, 0.1) is 0 Å². The number of rotatable bonds is 4. The summed E-state index contributed by atoms with van der Waals surface area (Å²) >= 11 is 0. The van der Waals surface area contributed by atoms with E-state index in [4.69, 9.17) is 4.74 Å². The van der Waals surface area contributed by atoms with E-state index in [1.807, 2.05) is 6.07 Å². The Balaban J connectivity index is 1.82. The van der Waals surface area contributed by atoms with Crippen molar-refractivity contribution in [3.8, 4) is 5.75 Å². The van der Waals surface area contributed by atoms with Gasteiger partial charge in [-0.2, -0.15) is 13.2 Å². The molecule has 0 saturated heterocycles. The van der Waals surface area contributed by atoms with Gasteiger partial charge >= 0.3 is 6.18 Å². The van der Waals surface area contributed by atoms with Crippen LogP contribution in [0.5, 0.6) is 5.75 Å². The summed E-state index contributed by atoms with van der Waals surface area (Å²) in [7, 11) is 0. The molecule has 0 saturated carbocycles. The number of nitrogens with one attached hydrogen (secondary N) is 1. The van der Waals surface area contributed by atoms with Crippen LogP contribution in [0.25, 0.3) is 0 Å². The molecule has 1 aliphatic rings. The molecule has 0 spiro atoms. The molecule has 0 heterocycles. The Morgan fingerprint density at radius 3 is 2.76 bits per heavy atom. The van der Waals surface area contributed by atoms with Crippen molar-refractivity contribution in [3.05, 3.63) is 71.8 Å². The number of aryl methyl sites for hydroxylation is 1. The SMILES string of the molecule is C=CC(=O)Nc1ccc2c(c1)C(Oc1cccc(C(F)(F)F)c1)CC2. The number of alkyl halides is 3. The predicted molar refractivity (Wildman–Crippen MR) is 88.4 cm³/mol. The first kappa shape index (κ1) is 17.1. The van der Waals surface area contributed by atoms with Crippen LogP contribution < -0.4 is 10.1 Å². The number of halogens is 3. The zero-order valence-electron chi connectivity index (χ0n) is 13.3. The molecule has 0 fully saturated rings. The van der Waals surface area contributed by atoms with Gasteiger partial charge in [0.2, 0.25) is 5.91 Å². The Kier molecular flexibility index (Phi) is 4.53. The Bertz CT molecular complexity index is 815. The van der Waals surface area contributed by atoms with Crippen LogP contribution in [0.1, 0.15) is 29.2 Å². The summed E-state index contributed by atoms with van der Waals surface area (Å²) in [5.74, 6) is -0.151. The van der Waals surface area contributed by atoms with Gasteiger partial charge in [-0.3, -0.25) is 4.79 Å². The van der Waals surface area contributed by atoms with Gasteiger partial charge in [0.05, 0.1) is 5.56 Å². The largest absolute Gasteiger partial charge is 0.486 e. The van der Waals surface area contributed by atoms with Gasteiger partial charge < -0.3 is 10.1 Å². The van der Waals surface area contributed by atoms with Crippen LogP contribution in [0.15, 0.2) is 55.1 Å². The van der Waals surface area contributed by atoms with Crippen molar-refractivity contribution in [3.63, 3.8) is 0 Å². The van der Waals surface area contributed by atoms with Crippen molar-refractivity contribution in [2.75, 3.05) is 5.32 Å². The van der Waals surface area contributed by atoms with Crippen LogP contribution in [-0.4, -0.2) is 5.91 Å². The molecule has 25 heavy (non-hydrogen) atoms. The summed E-state index contributed by atoms with van der Waals surface area (Å²) in [6, 6.07) is 10.3. The van der Waals surface area contributed by atoms with Crippen molar-refractivity contribution in [2.24, 2.45) is 0 Å². The molecule has 1 unspecified atom stereocenters. The lowest BCUT2D eigenvalue weighted by molar-refractivity contribution is -0.137. The molecule has 1 aliphatic carbocycles. The average molecular weight is 347 g/mol. The zero-order valence-corrected chi connectivity index (χ0v) is 13.3. The second-order valence-corrected chi connectivity index (χ2v) is 5.78. The monoisotopic (exact) mass is 347 g/mol. The molecule has 0 radical (unpaired) electrons. The number of benzene rings is 2. The highest BCUT2D eigenvalue weighted by Gasteiger charge is 2.31.